The van der Waals surface area contributed by atoms with Gasteiger partial charge in [0.05, 0.1) is 10.6 Å². The van der Waals surface area contributed by atoms with E-state index in [1.807, 2.05) is 6.07 Å². The van der Waals surface area contributed by atoms with Crippen molar-refractivity contribution >= 4 is 38.5 Å². The Balaban J connectivity index is 1.58. The van der Waals surface area contributed by atoms with Gasteiger partial charge >= 0.3 is 0 Å². The summed E-state index contributed by atoms with van der Waals surface area (Å²) in [6.07, 6.45) is 8.80. The van der Waals surface area contributed by atoms with E-state index in [1.54, 1.807) is 18.3 Å². The molecule has 2 aliphatic rings. The zero-order valence-corrected chi connectivity index (χ0v) is 17.3. The Morgan fingerprint density at radius 3 is 2.67 bits per heavy atom. The van der Waals surface area contributed by atoms with Crippen LogP contribution in [0.3, 0.4) is 0 Å². The highest BCUT2D eigenvalue weighted by Gasteiger charge is 2.41. The van der Waals surface area contributed by atoms with E-state index in [-0.39, 0.29) is 16.2 Å². The molecule has 3 heterocycles. The van der Waals surface area contributed by atoms with Gasteiger partial charge < -0.3 is 9.88 Å². The lowest BCUT2D eigenvalue weighted by Gasteiger charge is -2.42. The summed E-state index contributed by atoms with van der Waals surface area (Å²) in [5, 5.41) is 9.13. The number of Topliss-reactive ketones (excluding diaryl/α,β-unsaturated/α-hetero) is 1. The molecule has 0 unspecified atom stereocenters. The van der Waals surface area contributed by atoms with E-state index in [0.717, 1.165) is 48.8 Å². The van der Waals surface area contributed by atoms with E-state index in [9.17, 15) is 13.2 Å². The predicted molar refractivity (Wildman–Crippen MR) is 113 cm³/mol. The standard InChI is InChI=1S/C21H23N5O3S/c22-30(28,29)16-6-4-5-15(12-16)24-20-23-13-14-11-17-18(27)7-10-21(8-2-1-3-9-21)26(17)19(14)25-20/h4-6,11-13H,1-3,7-10H2,(H2,22,28,29)(H,23,24,25). The molecule has 0 radical (unpaired) electrons. The first-order valence-electron chi connectivity index (χ1n) is 10.2. The Morgan fingerprint density at radius 1 is 1.10 bits per heavy atom. The number of carbonyl (C=O) groups excluding carboxylic acids is 1. The van der Waals surface area contributed by atoms with E-state index in [4.69, 9.17) is 10.1 Å². The van der Waals surface area contributed by atoms with Crippen LogP contribution in [-0.2, 0) is 15.6 Å². The number of nitrogens with one attached hydrogen (secondary N) is 1. The molecule has 156 valence electrons. The molecular weight excluding hydrogens is 402 g/mol. The van der Waals surface area contributed by atoms with Gasteiger partial charge in [-0.1, -0.05) is 25.3 Å². The predicted octanol–water partition coefficient (Wildman–Crippen LogP) is 3.46. The molecule has 8 nitrogen and oxygen atoms in total. The van der Waals surface area contributed by atoms with E-state index >= 15 is 0 Å². The molecule has 2 aromatic heterocycles. The summed E-state index contributed by atoms with van der Waals surface area (Å²) in [7, 11) is -3.80. The average Bonchev–Trinajstić information content (AvgIpc) is 3.12. The second kappa shape index (κ2) is 6.88. The van der Waals surface area contributed by atoms with E-state index in [0.29, 0.717) is 18.1 Å². The van der Waals surface area contributed by atoms with E-state index in [2.05, 4.69) is 14.9 Å². The lowest BCUT2D eigenvalue weighted by atomic mass is 9.75. The molecule has 1 aliphatic carbocycles. The van der Waals surface area contributed by atoms with Crippen LogP contribution in [0.15, 0.2) is 41.4 Å². The van der Waals surface area contributed by atoms with Gasteiger partial charge in [-0.2, -0.15) is 4.98 Å². The minimum Gasteiger partial charge on any atom is -0.324 e. The Morgan fingerprint density at radius 2 is 1.90 bits per heavy atom. The smallest absolute Gasteiger partial charge is 0.238 e. The lowest BCUT2D eigenvalue weighted by Crippen LogP contribution is -2.41. The summed E-state index contributed by atoms with van der Waals surface area (Å²) in [6.45, 7) is 0. The first-order chi connectivity index (χ1) is 14.4. The maximum atomic E-state index is 12.6. The van der Waals surface area contributed by atoms with Crippen molar-refractivity contribution < 1.29 is 13.2 Å². The zero-order valence-electron chi connectivity index (χ0n) is 16.5. The Bertz CT molecular complexity index is 1260. The van der Waals surface area contributed by atoms with Crippen molar-refractivity contribution in [1.82, 2.24) is 14.5 Å². The van der Waals surface area contributed by atoms with Gasteiger partial charge in [0.25, 0.3) is 0 Å². The molecule has 9 heteroatoms. The molecule has 0 amide bonds. The Hall–Kier alpha value is -2.78. The molecule has 1 aromatic carbocycles. The van der Waals surface area contributed by atoms with Gasteiger partial charge in [-0.25, -0.2) is 18.5 Å². The van der Waals surface area contributed by atoms with Gasteiger partial charge in [0, 0.05) is 29.2 Å². The van der Waals surface area contributed by atoms with Gasteiger partial charge in [-0.3, -0.25) is 4.79 Å². The van der Waals surface area contributed by atoms with Crippen LogP contribution in [0.2, 0.25) is 0 Å². The van der Waals surface area contributed by atoms with Crippen molar-refractivity contribution in [3.8, 4) is 0 Å². The number of nitrogens with zero attached hydrogens (tertiary/aromatic N) is 3. The van der Waals surface area contributed by atoms with Crippen LogP contribution in [0.5, 0.6) is 0 Å². The average molecular weight is 426 g/mol. The third-order valence-electron chi connectivity index (χ3n) is 6.32. The highest BCUT2D eigenvalue weighted by Crippen LogP contribution is 2.45. The van der Waals surface area contributed by atoms with Gasteiger partial charge in [0.2, 0.25) is 16.0 Å². The Labute approximate surface area is 174 Å². The molecule has 3 aromatic rings. The normalized spacial score (nSPS) is 18.5. The van der Waals surface area contributed by atoms with Crippen LogP contribution < -0.4 is 10.5 Å². The van der Waals surface area contributed by atoms with E-state index in [1.165, 1.54) is 18.6 Å². The van der Waals surface area contributed by atoms with Crippen LogP contribution in [-0.4, -0.2) is 28.7 Å². The highest BCUT2D eigenvalue weighted by molar-refractivity contribution is 7.89. The Kier molecular flexibility index (Phi) is 4.41. The van der Waals surface area contributed by atoms with Crippen LogP contribution in [0, 0.1) is 0 Å². The van der Waals surface area contributed by atoms with Crippen molar-refractivity contribution in [3.63, 3.8) is 0 Å². The molecular formula is C21H23N5O3S. The monoisotopic (exact) mass is 425 g/mol. The summed E-state index contributed by atoms with van der Waals surface area (Å²) >= 11 is 0. The largest absolute Gasteiger partial charge is 0.324 e. The summed E-state index contributed by atoms with van der Waals surface area (Å²) in [6, 6.07) is 8.12. The number of sulfonamides is 1. The number of aromatic nitrogens is 3. The van der Waals surface area contributed by atoms with Crippen LogP contribution in [0.1, 0.15) is 55.4 Å². The van der Waals surface area contributed by atoms with Crippen molar-refractivity contribution in [2.45, 2.75) is 55.4 Å². The minimum atomic E-state index is -3.80. The number of benzene rings is 1. The number of ketones is 1. The van der Waals surface area contributed by atoms with Crippen molar-refractivity contribution in [2.75, 3.05) is 5.32 Å². The molecule has 30 heavy (non-hydrogen) atoms. The summed E-state index contributed by atoms with van der Waals surface area (Å²) < 4.78 is 25.4. The fourth-order valence-corrected chi connectivity index (χ4v) is 5.44. The SMILES string of the molecule is NS(=O)(=O)c1cccc(Nc2ncc3cc4n(c3n2)C2(CCCCC2)CCC4=O)c1. The van der Waals surface area contributed by atoms with Gasteiger partial charge in [0.15, 0.2) is 5.78 Å². The van der Waals surface area contributed by atoms with Crippen molar-refractivity contribution in [3.05, 3.63) is 42.2 Å². The second-order valence-electron chi connectivity index (χ2n) is 8.24. The molecule has 1 spiro atoms. The van der Waals surface area contributed by atoms with E-state index < -0.39 is 10.0 Å². The molecule has 5 rings (SSSR count). The maximum absolute atomic E-state index is 12.6. The van der Waals surface area contributed by atoms with Gasteiger partial charge in [-0.15, -0.1) is 0 Å². The third-order valence-corrected chi connectivity index (χ3v) is 7.23. The summed E-state index contributed by atoms with van der Waals surface area (Å²) in [4.78, 5) is 21.7. The molecule has 1 saturated carbocycles. The van der Waals surface area contributed by atoms with Gasteiger partial charge in [-0.05, 0) is 43.5 Å². The molecule has 3 N–H and O–H groups in total. The second-order valence-corrected chi connectivity index (χ2v) is 9.80. The third kappa shape index (κ3) is 3.18. The summed E-state index contributed by atoms with van der Waals surface area (Å²) in [5.41, 5.74) is 1.94. The highest BCUT2D eigenvalue weighted by atomic mass is 32.2. The lowest BCUT2D eigenvalue weighted by molar-refractivity contribution is 0.0852. The molecule has 0 atom stereocenters. The maximum Gasteiger partial charge on any atom is 0.238 e. The number of rotatable bonds is 3. The van der Waals surface area contributed by atoms with Crippen LogP contribution >= 0.6 is 0 Å². The number of fused-ring (bicyclic) bond motifs is 4. The molecule has 1 fully saturated rings. The molecule has 0 saturated heterocycles. The first-order valence-corrected chi connectivity index (χ1v) is 11.7. The number of hydrogen-bond donors (Lipinski definition) is 2. The van der Waals surface area contributed by atoms with Crippen LogP contribution in [0.25, 0.3) is 11.0 Å². The first kappa shape index (κ1) is 19.2. The quantitative estimate of drug-likeness (QED) is 0.663. The summed E-state index contributed by atoms with van der Waals surface area (Å²) in [5.74, 6) is 0.499. The van der Waals surface area contributed by atoms with Gasteiger partial charge in [0.1, 0.15) is 5.65 Å². The number of anilines is 2. The topological polar surface area (TPSA) is 120 Å². The van der Waals surface area contributed by atoms with Crippen molar-refractivity contribution in [2.24, 2.45) is 5.14 Å². The number of nitrogens with two attached hydrogens (primary N) is 1. The minimum absolute atomic E-state index is 0.0143. The zero-order chi connectivity index (χ0) is 20.9. The molecule has 0 bridgehead atoms. The fourth-order valence-electron chi connectivity index (χ4n) is 4.88. The fraction of sp³-hybridized carbons (Fsp3) is 0.381. The number of primary sulfonamides is 1. The van der Waals surface area contributed by atoms with Crippen LogP contribution in [0.4, 0.5) is 11.6 Å². The van der Waals surface area contributed by atoms with Crippen molar-refractivity contribution in [1.29, 1.82) is 0 Å². The number of carbonyl (C=O) groups is 1. The molecule has 1 aliphatic heterocycles. The number of hydrogen-bond acceptors (Lipinski definition) is 6.